The van der Waals surface area contributed by atoms with Crippen LogP contribution in [0.2, 0.25) is 0 Å². The highest BCUT2D eigenvalue weighted by atomic mass is 127. The monoisotopic (exact) mass is 335 g/mol. The van der Waals surface area contributed by atoms with Crippen LogP contribution in [-0.4, -0.2) is 23.9 Å². The zero-order chi connectivity index (χ0) is 10.8. The van der Waals surface area contributed by atoms with Gasteiger partial charge in [0.25, 0.3) is 5.91 Å². The minimum Gasteiger partial charge on any atom is -0.339 e. The molecule has 1 aromatic rings. The van der Waals surface area contributed by atoms with E-state index in [1.54, 1.807) is 11.3 Å². The van der Waals surface area contributed by atoms with Gasteiger partial charge in [-0.3, -0.25) is 4.79 Å². The molecule has 0 aliphatic carbocycles. The van der Waals surface area contributed by atoms with Crippen molar-refractivity contribution in [3.05, 3.63) is 19.9 Å². The van der Waals surface area contributed by atoms with Gasteiger partial charge in [-0.25, -0.2) is 0 Å². The second-order valence-electron chi connectivity index (χ2n) is 4.11. The van der Waals surface area contributed by atoms with Crippen molar-refractivity contribution in [3.63, 3.8) is 0 Å². The standard InChI is InChI=1S/C11H14INOS/c1-8-2-4-13(5-3-8)11(14)9-6-10(12)15-7-9/h6-8H,2-5H2,1H3. The van der Waals surface area contributed by atoms with E-state index in [1.165, 1.54) is 2.88 Å². The summed E-state index contributed by atoms with van der Waals surface area (Å²) in [6.45, 7) is 4.11. The molecule has 1 aliphatic rings. The third kappa shape index (κ3) is 2.72. The van der Waals surface area contributed by atoms with E-state index in [-0.39, 0.29) is 5.91 Å². The third-order valence-electron chi connectivity index (χ3n) is 2.89. The summed E-state index contributed by atoms with van der Waals surface area (Å²) in [4.78, 5) is 14.0. The fraction of sp³-hybridized carbons (Fsp3) is 0.545. The Hall–Kier alpha value is -0.100. The van der Waals surface area contributed by atoms with Gasteiger partial charge in [-0.15, -0.1) is 11.3 Å². The first-order valence-corrected chi connectivity index (χ1v) is 7.16. The van der Waals surface area contributed by atoms with Crippen molar-refractivity contribution in [2.45, 2.75) is 19.8 Å². The van der Waals surface area contributed by atoms with E-state index in [9.17, 15) is 4.79 Å². The van der Waals surface area contributed by atoms with E-state index in [1.807, 2.05) is 16.3 Å². The number of likely N-dealkylation sites (tertiary alicyclic amines) is 1. The Morgan fingerprint density at radius 2 is 2.20 bits per heavy atom. The number of carbonyl (C=O) groups is 1. The maximum atomic E-state index is 12.0. The average molecular weight is 335 g/mol. The number of thiophene rings is 1. The maximum absolute atomic E-state index is 12.0. The van der Waals surface area contributed by atoms with Crippen LogP contribution >= 0.6 is 33.9 Å². The highest BCUT2D eigenvalue weighted by Crippen LogP contribution is 2.21. The number of piperidine rings is 1. The van der Waals surface area contributed by atoms with E-state index in [0.717, 1.165) is 37.4 Å². The topological polar surface area (TPSA) is 20.3 Å². The van der Waals surface area contributed by atoms with Gasteiger partial charge >= 0.3 is 0 Å². The van der Waals surface area contributed by atoms with E-state index in [0.29, 0.717) is 0 Å². The maximum Gasteiger partial charge on any atom is 0.254 e. The number of hydrogen-bond acceptors (Lipinski definition) is 2. The average Bonchev–Trinajstić information content (AvgIpc) is 2.65. The first kappa shape index (κ1) is 11.4. The zero-order valence-electron chi connectivity index (χ0n) is 8.70. The van der Waals surface area contributed by atoms with Crippen LogP contribution in [0.3, 0.4) is 0 Å². The molecule has 0 saturated carbocycles. The molecule has 82 valence electrons. The first-order valence-electron chi connectivity index (χ1n) is 5.20. The van der Waals surface area contributed by atoms with Crippen molar-refractivity contribution in [1.29, 1.82) is 0 Å². The fourth-order valence-electron chi connectivity index (χ4n) is 1.82. The lowest BCUT2D eigenvalue weighted by atomic mass is 9.99. The summed E-state index contributed by atoms with van der Waals surface area (Å²) in [5, 5.41) is 1.96. The second kappa shape index (κ2) is 4.82. The Balaban J connectivity index is 2.02. The van der Waals surface area contributed by atoms with Crippen LogP contribution in [0.4, 0.5) is 0 Å². The summed E-state index contributed by atoms with van der Waals surface area (Å²) < 4.78 is 1.18. The second-order valence-corrected chi connectivity index (χ2v) is 6.92. The van der Waals surface area contributed by atoms with Crippen LogP contribution in [0.15, 0.2) is 11.4 Å². The molecule has 0 spiro atoms. The van der Waals surface area contributed by atoms with Crippen molar-refractivity contribution in [2.75, 3.05) is 13.1 Å². The summed E-state index contributed by atoms with van der Waals surface area (Å²) in [5.41, 5.74) is 0.860. The van der Waals surface area contributed by atoms with Crippen LogP contribution in [0.5, 0.6) is 0 Å². The van der Waals surface area contributed by atoms with Crippen LogP contribution in [0.1, 0.15) is 30.1 Å². The van der Waals surface area contributed by atoms with Crippen LogP contribution in [0, 0.1) is 8.80 Å². The Morgan fingerprint density at radius 1 is 1.53 bits per heavy atom. The lowest BCUT2D eigenvalue weighted by molar-refractivity contribution is 0.0698. The predicted molar refractivity (Wildman–Crippen MR) is 71.3 cm³/mol. The molecule has 4 heteroatoms. The van der Waals surface area contributed by atoms with Crippen molar-refractivity contribution in [3.8, 4) is 0 Å². The Bertz CT molecular complexity index is 355. The van der Waals surface area contributed by atoms with E-state index < -0.39 is 0 Å². The number of halogens is 1. The molecular weight excluding hydrogens is 321 g/mol. The highest BCUT2D eigenvalue weighted by molar-refractivity contribution is 14.1. The van der Waals surface area contributed by atoms with Gasteiger partial charge in [0, 0.05) is 18.5 Å². The van der Waals surface area contributed by atoms with Gasteiger partial charge in [-0.05, 0) is 47.4 Å². The highest BCUT2D eigenvalue weighted by Gasteiger charge is 2.21. The van der Waals surface area contributed by atoms with Crippen LogP contribution in [0.25, 0.3) is 0 Å². The summed E-state index contributed by atoms with van der Waals surface area (Å²) in [7, 11) is 0. The van der Waals surface area contributed by atoms with Crippen molar-refractivity contribution in [2.24, 2.45) is 5.92 Å². The van der Waals surface area contributed by atoms with Crippen molar-refractivity contribution >= 4 is 39.8 Å². The smallest absolute Gasteiger partial charge is 0.254 e. The third-order valence-corrected chi connectivity index (χ3v) is 4.67. The number of carbonyl (C=O) groups excluding carboxylic acids is 1. The summed E-state index contributed by atoms with van der Waals surface area (Å²) in [6, 6.07) is 1.98. The van der Waals surface area contributed by atoms with Gasteiger partial charge in [0.1, 0.15) is 0 Å². The Kier molecular flexibility index (Phi) is 3.66. The molecular formula is C11H14INOS. The van der Waals surface area contributed by atoms with Gasteiger partial charge in [0.05, 0.1) is 8.45 Å². The molecule has 0 aromatic carbocycles. The molecule has 1 aliphatic heterocycles. The normalized spacial score (nSPS) is 18.1. The van der Waals surface area contributed by atoms with Crippen LogP contribution in [-0.2, 0) is 0 Å². The van der Waals surface area contributed by atoms with E-state index in [4.69, 9.17) is 0 Å². The van der Waals surface area contributed by atoms with Gasteiger partial charge in [-0.2, -0.15) is 0 Å². The van der Waals surface area contributed by atoms with Gasteiger partial charge < -0.3 is 4.90 Å². The zero-order valence-corrected chi connectivity index (χ0v) is 11.7. The molecule has 0 N–H and O–H groups in total. The largest absolute Gasteiger partial charge is 0.339 e. The molecule has 0 radical (unpaired) electrons. The fourth-order valence-corrected chi connectivity index (χ4v) is 3.14. The molecule has 2 heterocycles. The summed E-state index contributed by atoms with van der Waals surface area (Å²) in [5.74, 6) is 0.984. The minimum absolute atomic E-state index is 0.209. The number of nitrogens with zero attached hydrogens (tertiary/aromatic N) is 1. The number of rotatable bonds is 1. The van der Waals surface area contributed by atoms with Crippen LogP contribution < -0.4 is 0 Å². The lowest BCUT2D eigenvalue weighted by Crippen LogP contribution is -2.37. The first-order chi connectivity index (χ1) is 7.16. The Labute approximate surface area is 108 Å². The number of amides is 1. The molecule has 1 saturated heterocycles. The molecule has 0 atom stereocenters. The van der Waals surface area contributed by atoms with Gasteiger partial charge in [-0.1, -0.05) is 6.92 Å². The quantitative estimate of drug-likeness (QED) is 0.722. The van der Waals surface area contributed by atoms with Crippen molar-refractivity contribution in [1.82, 2.24) is 4.90 Å². The van der Waals surface area contributed by atoms with Crippen molar-refractivity contribution < 1.29 is 4.79 Å². The molecule has 15 heavy (non-hydrogen) atoms. The SMILES string of the molecule is CC1CCN(C(=O)c2csc(I)c2)CC1. The molecule has 2 nitrogen and oxygen atoms in total. The molecule has 1 amide bonds. The van der Waals surface area contributed by atoms with E-state index >= 15 is 0 Å². The number of hydrogen-bond donors (Lipinski definition) is 0. The van der Waals surface area contributed by atoms with Gasteiger partial charge in [0.2, 0.25) is 0 Å². The molecule has 0 unspecified atom stereocenters. The minimum atomic E-state index is 0.209. The van der Waals surface area contributed by atoms with E-state index in [2.05, 4.69) is 29.5 Å². The Morgan fingerprint density at radius 3 is 2.73 bits per heavy atom. The summed E-state index contributed by atoms with van der Waals surface area (Å²) >= 11 is 3.89. The molecule has 1 fully saturated rings. The summed E-state index contributed by atoms with van der Waals surface area (Å²) in [6.07, 6.45) is 2.29. The molecule has 2 rings (SSSR count). The molecule has 1 aromatic heterocycles. The predicted octanol–water partition coefficient (Wildman–Crippen LogP) is 3.22. The lowest BCUT2D eigenvalue weighted by Gasteiger charge is -2.30. The van der Waals surface area contributed by atoms with Gasteiger partial charge in [0.15, 0.2) is 0 Å². The molecule has 0 bridgehead atoms.